The van der Waals surface area contributed by atoms with Crippen molar-refractivity contribution in [2.24, 2.45) is 0 Å². The maximum atomic E-state index is 11.6. The number of hydrogen-bond acceptors (Lipinski definition) is 4. The molecule has 1 aromatic rings. The molecule has 1 heterocycles. The fourth-order valence-electron chi connectivity index (χ4n) is 1.91. The van der Waals surface area contributed by atoms with Gasteiger partial charge in [-0.2, -0.15) is 0 Å². The van der Waals surface area contributed by atoms with Crippen molar-refractivity contribution in [3.05, 3.63) is 27.8 Å². The van der Waals surface area contributed by atoms with Gasteiger partial charge in [-0.15, -0.1) is 0 Å². The van der Waals surface area contributed by atoms with Crippen LogP contribution in [0.1, 0.15) is 0 Å². The number of nitrogens with zero attached hydrogens (tertiary/aromatic N) is 1. The first-order chi connectivity index (χ1) is 9.74. The molecule has 1 saturated heterocycles. The number of rotatable bonds is 6. The topological polar surface area (TPSA) is 50.8 Å². The van der Waals surface area contributed by atoms with Crippen LogP contribution in [0.5, 0.6) is 5.75 Å². The number of amides is 1. The van der Waals surface area contributed by atoms with Crippen LogP contribution in [-0.2, 0) is 9.53 Å². The van der Waals surface area contributed by atoms with Crippen molar-refractivity contribution >= 4 is 28.5 Å². The number of hydrogen-bond donors (Lipinski definition) is 1. The Balaban J connectivity index is 1.59. The number of benzene rings is 1. The SMILES string of the molecule is O=C(COc1ccc(I)cc1)NCCN1CCOCC1. The van der Waals surface area contributed by atoms with Crippen molar-refractivity contribution in [1.82, 2.24) is 10.2 Å². The molecule has 0 aliphatic carbocycles. The highest BCUT2D eigenvalue weighted by Gasteiger charge is 2.10. The lowest BCUT2D eigenvalue weighted by atomic mass is 10.3. The van der Waals surface area contributed by atoms with E-state index in [9.17, 15) is 4.79 Å². The molecule has 6 heteroatoms. The van der Waals surface area contributed by atoms with Gasteiger partial charge < -0.3 is 14.8 Å². The monoisotopic (exact) mass is 390 g/mol. The second-order valence-electron chi connectivity index (χ2n) is 4.55. The lowest BCUT2D eigenvalue weighted by Gasteiger charge is -2.26. The molecule has 0 saturated carbocycles. The second kappa shape index (κ2) is 8.43. The molecule has 1 aliphatic rings. The van der Waals surface area contributed by atoms with Gasteiger partial charge in [0.1, 0.15) is 5.75 Å². The molecule has 0 spiro atoms. The van der Waals surface area contributed by atoms with Crippen LogP contribution in [0.25, 0.3) is 0 Å². The number of carbonyl (C=O) groups excluding carboxylic acids is 1. The summed E-state index contributed by atoms with van der Waals surface area (Å²) in [5.74, 6) is 0.630. The Kier molecular flexibility index (Phi) is 6.55. The Bertz CT molecular complexity index is 419. The molecular weight excluding hydrogens is 371 g/mol. The third-order valence-electron chi connectivity index (χ3n) is 3.04. The van der Waals surface area contributed by atoms with Crippen LogP contribution in [0.2, 0.25) is 0 Å². The fraction of sp³-hybridized carbons (Fsp3) is 0.500. The van der Waals surface area contributed by atoms with E-state index in [1.54, 1.807) is 0 Å². The van der Waals surface area contributed by atoms with Crippen LogP contribution >= 0.6 is 22.6 Å². The summed E-state index contributed by atoms with van der Waals surface area (Å²) in [6.07, 6.45) is 0. The molecule has 0 bridgehead atoms. The summed E-state index contributed by atoms with van der Waals surface area (Å²) in [7, 11) is 0. The number of nitrogens with one attached hydrogen (secondary N) is 1. The Morgan fingerprint density at radius 3 is 2.70 bits per heavy atom. The molecule has 0 aromatic heterocycles. The van der Waals surface area contributed by atoms with Gasteiger partial charge in [-0.25, -0.2) is 0 Å². The zero-order valence-electron chi connectivity index (χ0n) is 11.3. The van der Waals surface area contributed by atoms with Gasteiger partial charge in [-0.1, -0.05) is 0 Å². The standard InChI is InChI=1S/C14H19IN2O3/c15-12-1-3-13(4-2-12)20-11-14(18)16-5-6-17-7-9-19-10-8-17/h1-4H,5-11H2,(H,16,18). The van der Waals surface area contributed by atoms with Gasteiger partial charge in [0.25, 0.3) is 5.91 Å². The third-order valence-corrected chi connectivity index (χ3v) is 3.76. The molecule has 1 amide bonds. The Hall–Kier alpha value is -0.860. The molecule has 1 N–H and O–H groups in total. The van der Waals surface area contributed by atoms with Gasteiger partial charge in [0.15, 0.2) is 6.61 Å². The first-order valence-corrected chi connectivity index (χ1v) is 7.77. The van der Waals surface area contributed by atoms with Gasteiger partial charge in [0, 0.05) is 29.7 Å². The molecule has 0 radical (unpaired) electrons. The molecule has 1 aliphatic heterocycles. The molecule has 2 rings (SSSR count). The van der Waals surface area contributed by atoms with Crippen molar-refractivity contribution in [3.63, 3.8) is 0 Å². The van der Waals surface area contributed by atoms with Gasteiger partial charge in [-0.05, 0) is 46.9 Å². The summed E-state index contributed by atoms with van der Waals surface area (Å²) >= 11 is 2.23. The van der Waals surface area contributed by atoms with Crippen molar-refractivity contribution in [1.29, 1.82) is 0 Å². The van der Waals surface area contributed by atoms with Crippen LogP contribution < -0.4 is 10.1 Å². The molecule has 0 atom stereocenters. The lowest BCUT2D eigenvalue weighted by Crippen LogP contribution is -2.42. The van der Waals surface area contributed by atoms with E-state index in [4.69, 9.17) is 9.47 Å². The first kappa shape index (κ1) is 15.5. The maximum absolute atomic E-state index is 11.6. The minimum Gasteiger partial charge on any atom is -0.484 e. The van der Waals surface area contributed by atoms with Crippen LogP contribution in [0.15, 0.2) is 24.3 Å². The van der Waals surface area contributed by atoms with Gasteiger partial charge in [0.05, 0.1) is 13.2 Å². The van der Waals surface area contributed by atoms with E-state index in [-0.39, 0.29) is 12.5 Å². The molecule has 20 heavy (non-hydrogen) atoms. The van der Waals surface area contributed by atoms with E-state index in [1.165, 1.54) is 0 Å². The highest BCUT2D eigenvalue weighted by Crippen LogP contribution is 2.13. The van der Waals surface area contributed by atoms with Crippen LogP contribution in [0.4, 0.5) is 0 Å². The van der Waals surface area contributed by atoms with Crippen molar-refractivity contribution in [2.75, 3.05) is 46.0 Å². The van der Waals surface area contributed by atoms with E-state index in [1.807, 2.05) is 24.3 Å². The van der Waals surface area contributed by atoms with Crippen molar-refractivity contribution in [2.45, 2.75) is 0 Å². The zero-order chi connectivity index (χ0) is 14.2. The number of carbonyl (C=O) groups is 1. The van der Waals surface area contributed by atoms with Gasteiger partial charge in [-0.3, -0.25) is 9.69 Å². The van der Waals surface area contributed by atoms with E-state index in [0.29, 0.717) is 12.3 Å². The summed E-state index contributed by atoms with van der Waals surface area (Å²) in [4.78, 5) is 13.9. The van der Waals surface area contributed by atoms with Gasteiger partial charge in [0.2, 0.25) is 0 Å². The van der Waals surface area contributed by atoms with E-state index in [2.05, 4.69) is 32.8 Å². The smallest absolute Gasteiger partial charge is 0.257 e. The van der Waals surface area contributed by atoms with Crippen molar-refractivity contribution < 1.29 is 14.3 Å². The lowest BCUT2D eigenvalue weighted by molar-refractivity contribution is -0.123. The molecule has 5 nitrogen and oxygen atoms in total. The molecular formula is C14H19IN2O3. The normalized spacial score (nSPS) is 15.8. The van der Waals surface area contributed by atoms with E-state index >= 15 is 0 Å². The Morgan fingerprint density at radius 2 is 2.00 bits per heavy atom. The fourth-order valence-corrected chi connectivity index (χ4v) is 2.27. The third kappa shape index (κ3) is 5.64. The molecule has 1 aromatic carbocycles. The zero-order valence-corrected chi connectivity index (χ0v) is 13.5. The molecule has 110 valence electrons. The minimum atomic E-state index is -0.0863. The van der Waals surface area contributed by atoms with E-state index < -0.39 is 0 Å². The van der Waals surface area contributed by atoms with Crippen LogP contribution in [0, 0.1) is 3.57 Å². The second-order valence-corrected chi connectivity index (χ2v) is 5.79. The average molecular weight is 390 g/mol. The van der Waals surface area contributed by atoms with Crippen LogP contribution in [0.3, 0.4) is 0 Å². The number of halogens is 1. The maximum Gasteiger partial charge on any atom is 0.257 e. The minimum absolute atomic E-state index is 0.0592. The van der Waals surface area contributed by atoms with Crippen LogP contribution in [-0.4, -0.2) is 56.8 Å². The first-order valence-electron chi connectivity index (χ1n) is 6.69. The Labute approximate surface area is 132 Å². The summed E-state index contributed by atoms with van der Waals surface area (Å²) in [6.45, 7) is 5.01. The summed E-state index contributed by atoms with van der Waals surface area (Å²) in [6, 6.07) is 7.63. The largest absolute Gasteiger partial charge is 0.484 e. The number of morpholine rings is 1. The van der Waals surface area contributed by atoms with E-state index in [0.717, 1.165) is 36.4 Å². The Morgan fingerprint density at radius 1 is 1.30 bits per heavy atom. The number of ether oxygens (including phenoxy) is 2. The summed E-state index contributed by atoms with van der Waals surface area (Å²) < 4.78 is 11.8. The molecule has 0 unspecified atom stereocenters. The highest BCUT2D eigenvalue weighted by molar-refractivity contribution is 14.1. The predicted molar refractivity (Wildman–Crippen MR) is 84.9 cm³/mol. The average Bonchev–Trinajstić information content (AvgIpc) is 2.48. The predicted octanol–water partition coefficient (Wildman–Crippen LogP) is 1.12. The van der Waals surface area contributed by atoms with Gasteiger partial charge >= 0.3 is 0 Å². The summed E-state index contributed by atoms with van der Waals surface area (Å²) in [5.41, 5.74) is 0. The highest BCUT2D eigenvalue weighted by atomic mass is 127. The summed E-state index contributed by atoms with van der Waals surface area (Å²) in [5, 5.41) is 2.86. The molecule has 1 fully saturated rings. The quantitative estimate of drug-likeness (QED) is 0.740. The van der Waals surface area contributed by atoms with Crippen molar-refractivity contribution in [3.8, 4) is 5.75 Å².